The molecule has 1 saturated heterocycles. The normalized spacial score (nSPS) is 18.2. The summed E-state index contributed by atoms with van der Waals surface area (Å²) in [4.78, 5) is 33.9. The van der Waals surface area contributed by atoms with E-state index < -0.39 is 56.0 Å². The van der Waals surface area contributed by atoms with Crippen molar-refractivity contribution < 1.29 is 35.2 Å². The second kappa shape index (κ2) is 18.4. The molecule has 316 valence electrons. The van der Waals surface area contributed by atoms with E-state index in [0.717, 1.165) is 46.7 Å². The first-order valence-electron chi connectivity index (χ1n) is 16.7. The van der Waals surface area contributed by atoms with Crippen LogP contribution in [0.1, 0.15) is 38.4 Å². The van der Waals surface area contributed by atoms with Gasteiger partial charge in [0, 0.05) is 37.1 Å². The van der Waals surface area contributed by atoms with Crippen molar-refractivity contribution in [2.45, 2.75) is 33.4 Å². The van der Waals surface area contributed by atoms with E-state index in [1.807, 2.05) is 12.1 Å². The van der Waals surface area contributed by atoms with Crippen LogP contribution in [0.2, 0.25) is 10.0 Å². The number of halogens is 4. The summed E-state index contributed by atoms with van der Waals surface area (Å²) in [5, 5.41) is 4.83. The number of allylic oxidation sites excluding steroid dienone is 1. The first-order chi connectivity index (χ1) is 27.5. The monoisotopic (exact) mass is 936 g/mol. The second-order valence-corrected chi connectivity index (χ2v) is 18.7. The quantitative estimate of drug-likeness (QED) is 0.149. The lowest BCUT2D eigenvalue weighted by atomic mass is 9.99. The fourth-order valence-corrected chi connectivity index (χ4v) is 9.89. The van der Waals surface area contributed by atoms with Crippen molar-refractivity contribution in [2.75, 3.05) is 24.7 Å². The molecular formula is C38H36Cl2F2N8O6S4. The van der Waals surface area contributed by atoms with Gasteiger partial charge in [-0.05, 0) is 78.7 Å². The molecule has 2 unspecified atom stereocenters. The number of carbonyl (C=O) groups excluding carboxylic acids is 2. The van der Waals surface area contributed by atoms with Gasteiger partial charge in [-0.3, -0.25) is 9.59 Å². The van der Waals surface area contributed by atoms with E-state index in [0.29, 0.717) is 5.56 Å². The number of rotatable bonds is 6. The third-order valence-electron chi connectivity index (χ3n) is 9.03. The summed E-state index contributed by atoms with van der Waals surface area (Å²) in [5.74, 6) is -2.46. The molecule has 3 N–H and O–H groups in total. The van der Waals surface area contributed by atoms with Crippen molar-refractivity contribution >= 4 is 116 Å². The van der Waals surface area contributed by atoms with Gasteiger partial charge in [0.1, 0.15) is 23.4 Å². The highest BCUT2D eigenvalue weighted by Crippen LogP contribution is 2.32. The van der Waals surface area contributed by atoms with E-state index >= 15 is 0 Å². The molecule has 0 aliphatic carbocycles. The van der Waals surface area contributed by atoms with E-state index in [4.69, 9.17) is 23.2 Å². The van der Waals surface area contributed by atoms with Crippen LogP contribution in [0.15, 0.2) is 100.0 Å². The smallest absolute Gasteiger partial charge is 0.325 e. The fourth-order valence-electron chi connectivity index (χ4n) is 5.90. The van der Waals surface area contributed by atoms with Crippen molar-refractivity contribution in [3.63, 3.8) is 0 Å². The molecule has 4 heterocycles. The number of hydrogen-bond acceptors (Lipinski definition) is 10. The van der Waals surface area contributed by atoms with Crippen LogP contribution >= 0.6 is 45.9 Å². The molecule has 0 spiro atoms. The van der Waals surface area contributed by atoms with Crippen molar-refractivity contribution in [1.29, 1.82) is 0 Å². The Morgan fingerprint density at radius 3 is 1.97 bits per heavy atom. The minimum atomic E-state index is -4.11. The van der Waals surface area contributed by atoms with Gasteiger partial charge in [-0.15, -0.1) is 27.1 Å². The van der Waals surface area contributed by atoms with Crippen molar-refractivity contribution in [1.82, 2.24) is 23.3 Å². The van der Waals surface area contributed by atoms with Crippen LogP contribution in [0.4, 0.5) is 20.2 Å². The van der Waals surface area contributed by atoms with Gasteiger partial charge in [0.2, 0.25) is 5.91 Å². The summed E-state index contributed by atoms with van der Waals surface area (Å²) in [7, 11) is -5.41. The molecular weight excluding hydrogens is 902 g/mol. The molecule has 0 saturated carbocycles. The summed E-state index contributed by atoms with van der Waals surface area (Å²) < 4.78 is 86.8. The molecule has 2 aliphatic rings. The van der Waals surface area contributed by atoms with E-state index in [-0.39, 0.29) is 54.1 Å². The van der Waals surface area contributed by atoms with Crippen LogP contribution in [0.3, 0.4) is 0 Å². The molecule has 0 radical (unpaired) electrons. The van der Waals surface area contributed by atoms with Gasteiger partial charge >= 0.3 is 10.2 Å². The Kier molecular flexibility index (Phi) is 14.1. The van der Waals surface area contributed by atoms with Crippen LogP contribution < -0.4 is 15.4 Å². The average Bonchev–Trinajstić information content (AvgIpc) is 3.86. The van der Waals surface area contributed by atoms with Gasteiger partial charge in [0.15, 0.2) is 0 Å². The molecule has 8 rings (SSSR count). The predicted molar refractivity (Wildman–Crippen MR) is 235 cm³/mol. The predicted octanol–water partition coefficient (Wildman–Crippen LogP) is 8.17. The first kappa shape index (κ1) is 46.1. The SMILES string of the molecule is C.C.CN1C(C(=O)Nc2ccc(F)c(Cl)c2)=CC(c2ccc3ncsc3c2)=NS1(=O)=O.CN1C(C(=O)Nc2ccc(F)c(Cl)c2)CC(c2ccc3ncsc3c2)NS1(=O)=O. The van der Waals surface area contributed by atoms with E-state index in [9.17, 15) is 35.2 Å². The third-order valence-corrected chi connectivity index (χ3v) is 14.1. The van der Waals surface area contributed by atoms with Crippen LogP contribution in [-0.2, 0) is 30.0 Å². The Balaban J connectivity index is 0.000000220. The van der Waals surface area contributed by atoms with E-state index in [1.165, 1.54) is 67.1 Å². The Morgan fingerprint density at radius 1 is 0.800 bits per heavy atom. The second-order valence-electron chi connectivity index (χ2n) is 12.7. The van der Waals surface area contributed by atoms with Crippen LogP contribution in [0.5, 0.6) is 0 Å². The lowest BCUT2D eigenvalue weighted by Gasteiger charge is -2.36. The molecule has 2 aromatic heterocycles. The van der Waals surface area contributed by atoms with Gasteiger partial charge in [-0.1, -0.05) is 50.2 Å². The van der Waals surface area contributed by atoms with Gasteiger partial charge in [-0.25, -0.2) is 23.1 Å². The van der Waals surface area contributed by atoms with Crippen LogP contribution in [0.25, 0.3) is 20.4 Å². The van der Waals surface area contributed by atoms with E-state index in [1.54, 1.807) is 35.3 Å². The third kappa shape index (κ3) is 9.82. The maximum absolute atomic E-state index is 13.3. The number of amides is 2. The average molecular weight is 938 g/mol. The van der Waals surface area contributed by atoms with Gasteiger partial charge in [0.25, 0.3) is 16.1 Å². The number of thiazole rings is 2. The Bertz CT molecular complexity index is 2910. The fraction of sp³-hybridized carbons (Fsp3) is 0.184. The maximum atomic E-state index is 13.3. The summed E-state index contributed by atoms with van der Waals surface area (Å²) in [6.45, 7) is 0. The largest absolute Gasteiger partial charge is 0.345 e. The zero-order chi connectivity index (χ0) is 41.5. The number of carbonyl (C=O) groups is 2. The highest BCUT2D eigenvalue weighted by atomic mass is 35.5. The Morgan fingerprint density at radius 2 is 1.37 bits per heavy atom. The maximum Gasteiger partial charge on any atom is 0.345 e. The van der Waals surface area contributed by atoms with E-state index in [2.05, 4.69) is 29.7 Å². The highest BCUT2D eigenvalue weighted by Gasteiger charge is 2.41. The minimum Gasteiger partial charge on any atom is -0.325 e. The number of hydrogen-bond donors (Lipinski definition) is 3. The van der Waals surface area contributed by atoms with Crippen molar-refractivity contribution in [2.24, 2.45) is 4.40 Å². The topological polar surface area (TPSA) is 183 Å². The van der Waals surface area contributed by atoms with Crippen LogP contribution in [0, 0.1) is 11.6 Å². The van der Waals surface area contributed by atoms with Gasteiger partial charge in [-0.2, -0.15) is 25.9 Å². The summed E-state index contributed by atoms with van der Waals surface area (Å²) in [6.07, 6.45) is 1.60. The lowest BCUT2D eigenvalue weighted by Crippen LogP contribution is -2.55. The molecule has 2 amide bonds. The zero-order valence-electron chi connectivity index (χ0n) is 29.9. The summed E-state index contributed by atoms with van der Waals surface area (Å²) in [5.41, 5.74) is 6.80. The number of anilines is 2. The lowest BCUT2D eigenvalue weighted by molar-refractivity contribution is -0.120. The first-order valence-corrected chi connectivity index (χ1v) is 22.1. The molecule has 60 heavy (non-hydrogen) atoms. The Hall–Kier alpha value is -4.93. The summed E-state index contributed by atoms with van der Waals surface area (Å²) >= 11 is 14.3. The number of likely N-dealkylation sites (N-methyl/N-ethyl adjacent to an activating group) is 2. The number of nitrogens with one attached hydrogen (secondary N) is 3. The zero-order valence-corrected chi connectivity index (χ0v) is 34.6. The number of benzene rings is 4. The number of nitrogens with zero attached hydrogens (tertiary/aromatic N) is 5. The molecule has 6 aromatic rings. The molecule has 0 bridgehead atoms. The standard InChI is InChI=1S/C18H16ClFN4O3S2.C18H12ClFN4O3S2.2CH4/c2*1-24-16(18(25)22-11-3-4-13(20)12(19)7-11)8-15(23-29(24,26)27)10-2-5-14-17(6-10)28-9-21-14;;/h2-7,9,15-16,23H,8H2,1H3,(H,22,25);2-9H,1H3,(H,22,25);2*1H4. The molecule has 1 fully saturated rings. The van der Waals surface area contributed by atoms with Gasteiger partial charge < -0.3 is 10.6 Å². The molecule has 14 nitrogen and oxygen atoms in total. The summed E-state index contributed by atoms with van der Waals surface area (Å²) in [6, 6.07) is 16.6. The Labute approximate surface area is 362 Å². The molecule has 2 aliphatic heterocycles. The molecule has 22 heteroatoms. The number of aromatic nitrogens is 2. The van der Waals surface area contributed by atoms with Crippen LogP contribution in [-0.4, -0.2) is 73.1 Å². The van der Waals surface area contributed by atoms with Crippen molar-refractivity contribution in [3.05, 3.63) is 128 Å². The van der Waals surface area contributed by atoms with Crippen molar-refractivity contribution in [3.8, 4) is 0 Å². The molecule has 2 atom stereocenters. The molecule has 4 aromatic carbocycles. The van der Waals surface area contributed by atoms with Gasteiger partial charge in [0.05, 0.1) is 47.2 Å². The number of fused-ring (bicyclic) bond motifs is 2. The highest BCUT2D eigenvalue weighted by molar-refractivity contribution is 7.88. The minimum absolute atomic E-state index is 0.